The second kappa shape index (κ2) is 20.3. The number of sulfonamides is 2. The lowest BCUT2D eigenvalue weighted by Crippen LogP contribution is -2.37. The fourth-order valence-electron chi connectivity index (χ4n) is 7.57. The van der Waals surface area contributed by atoms with E-state index < -0.39 is 20.0 Å². The second-order valence-corrected chi connectivity index (χ2v) is 22.3. The van der Waals surface area contributed by atoms with Gasteiger partial charge >= 0.3 is 0 Å². The van der Waals surface area contributed by atoms with Crippen LogP contribution in [0.3, 0.4) is 0 Å². The standard InChI is InChI=1S/C23H30N6O5S2.C18H20BrN5O4S2/c1-15-17(14-28-4-8-33-9-5-28)20-21(35-15)19(25-23(26-20)29-6-10-34-11-7-29)16-12-18(27-36(3,30)31)22(32-2)24-13-16;1-10-13(19)15-16(29-10)14(21-18(22-15)24-4-6-28-7-5-24)11-8-12(23-30(3,25)26)17(27-2)20-9-11/h12-13,27H,4-11,14H2,1-3H3;8-9,23H,4-7H2,1-3H3. The topological polar surface area (TPSA) is 226 Å². The number of thiophene rings is 2. The first-order chi connectivity index (χ1) is 31.6. The highest BCUT2D eigenvalue weighted by molar-refractivity contribution is 9.10. The molecule has 6 aromatic heterocycles. The molecular formula is C41H50BrN11O9S4. The lowest BCUT2D eigenvalue weighted by atomic mass is 10.1. The smallest absolute Gasteiger partial charge is 0.238 e. The summed E-state index contributed by atoms with van der Waals surface area (Å²) in [5.74, 6) is 1.62. The summed E-state index contributed by atoms with van der Waals surface area (Å²) in [6, 6.07) is 3.40. The zero-order chi connectivity index (χ0) is 46.8. The van der Waals surface area contributed by atoms with Crippen LogP contribution in [0.15, 0.2) is 29.0 Å². The molecule has 3 fully saturated rings. The average Bonchev–Trinajstić information content (AvgIpc) is 3.78. The Kier molecular flexibility index (Phi) is 14.7. The Balaban J connectivity index is 0.000000182. The minimum absolute atomic E-state index is 0.186. The van der Waals surface area contributed by atoms with Gasteiger partial charge in [0.2, 0.25) is 43.7 Å². The van der Waals surface area contributed by atoms with Gasteiger partial charge in [-0.1, -0.05) is 0 Å². The molecule has 6 aromatic rings. The molecule has 3 saturated heterocycles. The van der Waals surface area contributed by atoms with Gasteiger partial charge in [0.1, 0.15) is 16.9 Å². The van der Waals surface area contributed by atoms with Gasteiger partial charge in [0, 0.05) is 84.7 Å². The van der Waals surface area contributed by atoms with E-state index in [0.717, 1.165) is 80.8 Å². The normalized spacial score (nSPS) is 16.3. The molecule has 20 nitrogen and oxygen atoms in total. The Bertz CT molecular complexity index is 2960. The Labute approximate surface area is 399 Å². The molecule has 0 bridgehead atoms. The number of ether oxygens (including phenoxy) is 5. The van der Waals surface area contributed by atoms with E-state index in [1.807, 2.05) is 6.92 Å². The Hall–Kier alpha value is -4.60. The van der Waals surface area contributed by atoms with Gasteiger partial charge < -0.3 is 33.5 Å². The third-order valence-electron chi connectivity index (χ3n) is 10.7. The Morgan fingerprint density at radius 1 is 0.652 bits per heavy atom. The van der Waals surface area contributed by atoms with Crippen molar-refractivity contribution in [3.05, 3.63) is 44.3 Å². The van der Waals surface area contributed by atoms with Crippen molar-refractivity contribution >= 4 is 102 Å². The molecular weight excluding hydrogens is 999 g/mol. The largest absolute Gasteiger partial charge is 0.480 e. The number of aromatic nitrogens is 6. The van der Waals surface area contributed by atoms with E-state index in [9.17, 15) is 16.8 Å². The van der Waals surface area contributed by atoms with Crippen molar-refractivity contribution in [1.29, 1.82) is 0 Å². The number of morpholine rings is 3. The van der Waals surface area contributed by atoms with Crippen LogP contribution in [0.4, 0.5) is 23.3 Å². The number of halogens is 1. The van der Waals surface area contributed by atoms with E-state index >= 15 is 0 Å². The van der Waals surface area contributed by atoms with Crippen molar-refractivity contribution in [2.45, 2.75) is 20.4 Å². The molecule has 0 spiro atoms. The summed E-state index contributed by atoms with van der Waals surface area (Å²) in [7, 11) is -4.15. The van der Waals surface area contributed by atoms with Gasteiger partial charge in [0.05, 0.1) is 97.1 Å². The molecule has 0 radical (unpaired) electrons. The predicted molar refractivity (Wildman–Crippen MR) is 261 cm³/mol. The van der Waals surface area contributed by atoms with Crippen molar-refractivity contribution in [2.24, 2.45) is 0 Å². The number of nitrogens with one attached hydrogen (secondary N) is 2. The Morgan fingerprint density at radius 3 is 1.53 bits per heavy atom. The minimum Gasteiger partial charge on any atom is -0.480 e. The van der Waals surface area contributed by atoms with Crippen molar-refractivity contribution < 1.29 is 40.5 Å². The van der Waals surface area contributed by atoms with Crippen LogP contribution in [-0.2, 0) is 40.8 Å². The summed E-state index contributed by atoms with van der Waals surface area (Å²) in [4.78, 5) is 37.1. The number of nitrogens with zero attached hydrogens (tertiary/aromatic N) is 9. The van der Waals surface area contributed by atoms with Gasteiger partial charge in [0.25, 0.3) is 0 Å². The van der Waals surface area contributed by atoms with Crippen LogP contribution in [0.25, 0.3) is 42.9 Å². The minimum atomic E-state index is -3.53. The zero-order valence-electron chi connectivity index (χ0n) is 37.2. The summed E-state index contributed by atoms with van der Waals surface area (Å²) in [5, 5.41) is 0. The third kappa shape index (κ3) is 11.1. The molecule has 354 valence electrons. The monoisotopic (exact) mass is 1050 g/mol. The first-order valence-electron chi connectivity index (χ1n) is 20.9. The number of fused-ring (bicyclic) bond motifs is 2. The van der Waals surface area contributed by atoms with Crippen LogP contribution < -0.4 is 28.7 Å². The first-order valence-corrected chi connectivity index (χ1v) is 27.1. The molecule has 3 aliphatic heterocycles. The van der Waals surface area contributed by atoms with E-state index in [2.05, 4.69) is 57.0 Å². The van der Waals surface area contributed by atoms with Crippen LogP contribution in [0.2, 0.25) is 0 Å². The second-order valence-electron chi connectivity index (χ2n) is 15.6. The van der Waals surface area contributed by atoms with Crippen LogP contribution in [0.5, 0.6) is 11.8 Å². The third-order valence-corrected chi connectivity index (χ3v) is 15.4. The summed E-state index contributed by atoms with van der Waals surface area (Å²) in [6.45, 7) is 13.4. The first kappa shape index (κ1) is 47.9. The molecule has 66 heavy (non-hydrogen) atoms. The number of methoxy groups -OCH3 is 2. The van der Waals surface area contributed by atoms with E-state index in [-0.39, 0.29) is 23.1 Å². The number of hydrogen-bond donors (Lipinski definition) is 2. The maximum atomic E-state index is 12.0. The van der Waals surface area contributed by atoms with Crippen LogP contribution in [0.1, 0.15) is 15.3 Å². The number of aryl methyl sites for hydroxylation is 2. The summed E-state index contributed by atoms with van der Waals surface area (Å²) in [5.41, 5.74) is 6.19. The van der Waals surface area contributed by atoms with Gasteiger partial charge in [-0.2, -0.15) is 0 Å². The lowest BCUT2D eigenvalue weighted by molar-refractivity contribution is 0.0343. The van der Waals surface area contributed by atoms with Crippen molar-refractivity contribution in [3.8, 4) is 34.3 Å². The molecule has 0 atom stereocenters. The highest BCUT2D eigenvalue weighted by Gasteiger charge is 2.26. The molecule has 0 unspecified atom stereocenters. The fourth-order valence-corrected chi connectivity index (χ4v) is 11.4. The number of hydrogen-bond acceptors (Lipinski definition) is 20. The van der Waals surface area contributed by atoms with Crippen LogP contribution in [-0.4, -0.2) is 157 Å². The predicted octanol–water partition coefficient (Wildman–Crippen LogP) is 5.15. The van der Waals surface area contributed by atoms with Gasteiger partial charge in [-0.25, -0.2) is 46.7 Å². The molecule has 9 rings (SSSR count). The van der Waals surface area contributed by atoms with E-state index in [1.54, 1.807) is 47.2 Å². The van der Waals surface area contributed by atoms with Gasteiger partial charge in [-0.05, 0) is 41.9 Å². The average molecular weight is 1050 g/mol. The summed E-state index contributed by atoms with van der Waals surface area (Å²) in [6.07, 6.45) is 5.46. The molecule has 0 aromatic carbocycles. The van der Waals surface area contributed by atoms with E-state index in [4.69, 9.17) is 43.6 Å². The van der Waals surface area contributed by atoms with Gasteiger partial charge in [0.15, 0.2) is 0 Å². The van der Waals surface area contributed by atoms with E-state index in [0.29, 0.717) is 81.3 Å². The summed E-state index contributed by atoms with van der Waals surface area (Å²) >= 11 is 6.86. The zero-order valence-corrected chi connectivity index (χ0v) is 42.1. The molecule has 25 heteroatoms. The highest BCUT2D eigenvalue weighted by atomic mass is 79.9. The van der Waals surface area contributed by atoms with Crippen molar-refractivity contribution in [3.63, 3.8) is 0 Å². The fraction of sp³-hybridized carbons (Fsp3) is 0.463. The molecule has 3 aliphatic rings. The lowest BCUT2D eigenvalue weighted by Gasteiger charge is -2.28. The Morgan fingerprint density at radius 2 is 1.08 bits per heavy atom. The van der Waals surface area contributed by atoms with Gasteiger partial charge in [-0.3, -0.25) is 14.3 Å². The SMILES string of the molecule is COc1ncc(-c2nc(N3CCOCC3)nc3c(Br)c(C)sc23)cc1NS(C)(=O)=O.COc1ncc(-c2nc(N3CCOCC3)nc3c(CN4CCOCC4)c(C)sc23)cc1NS(C)(=O)=O. The molecule has 0 amide bonds. The molecule has 2 N–H and O–H groups in total. The van der Waals surface area contributed by atoms with Crippen molar-refractivity contribution in [2.75, 3.05) is 125 Å². The van der Waals surface area contributed by atoms with Crippen molar-refractivity contribution in [1.82, 2.24) is 34.8 Å². The molecule has 0 saturated carbocycles. The van der Waals surface area contributed by atoms with E-state index in [1.165, 1.54) is 24.7 Å². The molecule has 9 heterocycles. The summed E-state index contributed by atoms with van der Waals surface area (Å²) < 4.78 is 82.3. The maximum Gasteiger partial charge on any atom is 0.238 e. The number of rotatable bonds is 12. The van der Waals surface area contributed by atoms with Crippen LogP contribution >= 0.6 is 38.6 Å². The van der Waals surface area contributed by atoms with Gasteiger partial charge in [-0.15, -0.1) is 22.7 Å². The molecule has 0 aliphatic carbocycles. The van der Waals surface area contributed by atoms with Crippen LogP contribution in [0, 0.1) is 13.8 Å². The number of anilines is 4. The highest BCUT2D eigenvalue weighted by Crippen LogP contribution is 2.42. The number of pyridine rings is 2. The quantitative estimate of drug-likeness (QED) is 0.162. The maximum absolute atomic E-state index is 12.0.